The maximum atomic E-state index is 4.29. The first-order valence-electron chi connectivity index (χ1n) is 8.68. The fraction of sp³-hybridized carbons (Fsp3) is 0.526. The van der Waals surface area contributed by atoms with Crippen LogP contribution in [0.1, 0.15) is 25.3 Å². The average molecular weight is 312 g/mol. The molecule has 0 aliphatic carbocycles. The molecule has 0 saturated carbocycles. The van der Waals surface area contributed by atoms with Gasteiger partial charge in [-0.3, -0.25) is 9.58 Å². The van der Waals surface area contributed by atoms with Crippen molar-refractivity contribution in [3.63, 3.8) is 0 Å². The third-order valence-electron chi connectivity index (χ3n) is 5.08. The number of rotatable bonds is 6. The maximum Gasteiger partial charge on any atom is 0.0536 e. The number of nitrogens with zero attached hydrogens (tertiary/aromatic N) is 4. The van der Waals surface area contributed by atoms with Gasteiger partial charge in [-0.15, -0.1) is 0 Å². The van der Waals surface area contributed by atoms with Crippen molar-refractivity contribution in [3.05, 3.63) is 54.4 Å². The summed E-state index contributed by atoms with van der Waals surface area (Å²) in [5.74, 6) is 0. The quantitative estimate of drug-likeness (QED) is 0.820. The van der Waals surface area contributed by atoms with Gasteiger partial charge in [0.15, 0.2) is 0 Å². The maximum absolute atomic E-state index is 4.29. The molecule has 2 atom stereocenters. The van der Waals surface area contributed by atoms with Crippen LogP contribution in [0.4, 0.5) is 0 Å². The van der Waals surface area contributed by atoms with Crippen LogP contribution in [0.5, 0.6) is 0 Å². The molecule has 1 aliphatic rings. The lowest BCUT2D eigenvalue weighted by Crippen LogP contribution is -2.48. The second-order valence-corrected chi connectivity index (χ2v) is 6.73. The van der Waals surface area contributed by atoms with Crippen LogP contribution in [0, 0.1) is 0 Å². The number of piperidine rings is 1. The van der Waals surface area contributed by atoms with Crippen LogP contribution in [0.3, 0.4) is 0 Å². The zero-order chi connectivity index (χ0) is 16.1. The van der Waals surface area contributed by atoms with Gasteiger partial charge in [-0.1, -0.05) is 30.3 Å². The fourth-order valence-corrected chi connectivity index (χ4v) is 3.52. The number of hydrogen-bond donors (Lipinski definition) is 0. The minimum atomic E-state index is 0.640. The van der Waals surface area contributed by atoms with Gasteiger partial charge in [0.05, 0.1) is 6.54 Å². The second kappa shape index (κ2) is 7.75. The summed E-state index contributed by atoms with van der Waals surface area (Å²) < 4.78 is 2.02. The second-order valence-electron chi connectivity index (χ2n) is 6.73. The molecule has 2 heterocycles. The highest BCUT2D eigenvalue weighted by Gasteiger charge is 2.27. The van der Waals surface area contributed by atoms with Gasteiger partial charge in [0, 0.05) is 44.1 Å². The Morgan fingerprint density at radius 2 is 2.04 bits per heavy atom. The van der Waals surface area contributed by atoms with Crippen LogP contribution in [0.25, 0.3) is 0 Å². The van der Waals surface area contributed by atoms with Gasteiger partial charge >= 0.3 is 0 Å². The van der Waals surface area contributed by atoms with E-state index in [1.165, 1.54) is 24.9 Å². The molecule has 0 radical (unpaired) electrons. The van der Waals surface area contributed by atoms with E-state index in [9.17, 15) is 0 Å². The molecule has 3 rings (SSSR count). The third kappa shape index (κ3) is 4.43. The molecule has 1 fully saturated rings. The first kappa shape index (κ1) is 16.2. The van der Waals surface area contributed by atoms with Crippen LogP contribution in [-0.4, -0.2) is 51.8 Å². The lowest BCUT2D eigenvalue weighted by molar-refractivity contribution is 0.0784. The Labute approximate surface area is 139 Å². The van der Waals surface area contributed by atoms with E-state index >= 15 is 0 Å². The summed E-state index contributed by atoms with van der Waals surface area (Å²) in [7, 11) is 2.26. The van der Waals surface area contributed by atoms with E-state index in [2.05, 4.69) is 59.2 Å². The molecule has 0 amide bonds. The predicted octanol–water partition coefficient (Wildman–Crippen LogP) is 2.87. The Balaban J connectivity index is 1.47. The summed E-state index contributed by atoms with van der Waals surface area (Å²) in [5, 5.41) is 4.29. The van der Waals surface area contributed by atoms with E-state index in [1.54, 1.807) is 0 Å². The largest absolute Gasteiger partial charge is 0.301 e. The molecule has 0 N–H and O–H groups in total. The summed E-state index contributed by atoms with van der Waals surface area (Å²) in [6, 6.07) is 14.1. The topological polar surface area (TPSA) is 24.3 Å². The molecule has 4 heteroatoms. The third-order valence-corrected chi connectivity index (χ3v) is 5.08. The molecule has 1 aromatic carbocycles. The minimum Gasteiger partial charge on any atom is -0.301 e. The Kier molecular flexibility index (Phi) is 5.47. The van der Waals surface area contributed by atoms with Gasteiger partial charge in [-0.25, -0.2) is 0 Å². The Morgan fingerprint density at radius 3 is 2.74 bits per heavy atom. The van der Waals surface area contributed by atoms with E-state index in [-0.39, 0.29) is 0 Å². The fourth-order valence-electron chi connectivity index (χ4n) is 3.52. The molecular weight excluding hydrogens is 284 g/mol. The van der Waals surface area contributed by atoms with Crippen molar-refractivity contribution in [2.24, 2.45) is 0 Å². The molecule has 23 heavy (non-hydrogen) atoms. The van der Waals surface area contributed by atoms with E-state index in [1.807, 2.05) is 23.1 Å². The highest BCUT2D eigenvalue weighted by Crippen LogP contribution is 2.22. The summed E-state index contributed by atoms with van der Waals surface area (Å²) >= 11 is 0. The highest BCUT2D eigenvalue weighted by molar-refractivity contribution is 5.14. The van der Waals surface area contributed by atoms with Gasteiger partial charge < -0.3 is 4.90 Å². The number of benzene rings is 1. The number of aromatic nitrogens is 2. The van der Waals surface area contributed by atoms with Crippen molar-refractivity contribution >= 4 is 0 Å². The molecule has 1 aromatic heterocycles. The van der Waals surface area contributed by atoms with E-state index in [0.29, 0.717) is 12.1 Å². The molecule has 124 valence electrons. The minimum absolute atomic E-state index is 0.640. The Bertz CT molecular complexity index is 566. The standard InChI is InChI=1S/C19H28N4/c1-17-15-19(21(2)13-14-23-11-6-10-20-23)9-12-22(17)16-18-7-4-3-5-8-18/h3-8,10-11,17,19H,9,12-16H2,1-2H3/t17-,19+/m0/s1. The van der Waals surface area contributed by atoms with Gasteiger partial charge in [-0.05, 0) is 38.4 Å². The molecule has 1 aliphatic heterocycles. The van der Waals surface area contributed by atoms with Crippen molar-refractivity contribution in [3.8, 4) is 0 Å². The molecule has 1 saturated heterocycles. The lowest BCUT2D eigenvalue weighted by Gasteiger charge is -2.41. The number of likely N-dealkylation sites (tertiary alicyclic amines) is 1. The SMILES string of the molecule is C[C@H]1C[C@H](N(C)CCn2cccn2)CCN1Cc1ccccc1. The molecule has 0 unspecified atom stereocenters. The van der Waals surface area contributed by atoms with Crippen LogP contribution in [0.15, 0.2) is 48.8 Å². The number of hydrogen-bond acceptors (Lipinski definition) is 3. The molecular formula is C19H28N4. The first-order valence-corrected chi connectivity index (χ1v) is 8.68. The Hall–Kier alpha value is -1.65. The van der Waals surface area contributed by atoms with E-state index in [4.69, 9.17) is 0 Å². The molecule has 0 bridgehead atoms. The normalized spacial score (nSPS) is 22.6. The van der Waals surface area contributed by atoms with E-state index < -0.39 is 0 Å². The highest BCUT2D eigenvalue weighted by atomic mass is 15.3. The monoisotopic (exact) mass is 312 g/mol. The zero-order valence-electron chi connectivity index (χ0n) is 14.3. The van der Waals surface area contributed by atoms with Gasteiger partial charge in [0.25, 0.3) is 0 Å². The zero-order valence-corrected chi connectivity index (χ0v) is 14.3. The van der Waals surface area contributed by atoms with Crippen molar-refractivity contribution in [2.75, 3.05) is 20.1 Å². The van der Waals surface area contributed by atoms with Crippen molar-refractivity contribution in [1.82, 2.24) is 19.6 Å². The van der Waals surface area contributed by atoms with Crippen LogP contribution < -0.4 is 0 Å². The van der Waals surface area contributed by atoms with Crippen molar-refractivity contribution in [1.29, 1.82) is 0 Å². The van der Waals surface area contributed by atoms with Crippen LogP contribution in [0.2, 0.25) is 0 Å². The molecule has 2 aromatic rings. The molecule has 0 spiro atoms. The van der Waals surface area contributed by atoms with Gasteiger partial charge in [0.1, 0.15) is 0 Å². The van der Waals surface area contributed by atoms with Crippen LogP contribution in [-0.2, 0) is 13.1 Å². The van der Waals surface area contributed by atoms with Crippen molar-refractivity contribution < 1.29 is 0 Å². The molecule has 4 nitrogen and oxygen atoms in total. The smallest absolute Gasteiger partial charge is 0.0536 e. The van der Waals surface area contributed by atoms with E-state index in [0.717, 1.165) is 19.6 Å². The first-order chi connectivity index (χ1) is 11.2. The predicted molar refractivity (Wildman–Crippen MR) is 94.2 cm³/mol. The average Bonchev–Trinajstić information content (AvgIpc) is 3.09. The summed E-state index contributed by atoms with van der Waals surface area (Å²) in [6.07, 6.45) is 6.40. The number of likely N-dealkylation sites (N-methyl/N-ethyl adjacent to an activating group) is 1. The van der Waals surface area contributed by atoms with Crippen molar-refractivity contribution in [2.45, 2.75) is 44.9 Å². The van der Waals surface area contributed by atoms with Gasteiger partial charge in [-0.2, -0.15) is 5.10 Å². The Morgan fingerprint density at radius 1 is 1.22 bits per heavy atom. The summed E-state index contributed by atoms with van der Waals surface area (Å²) in [5.41, 5.74) is 1.42. The lowest BCUT2D eigenvalue weighted by atomic mass is 9.96. The van der Waals surface area contributed by atoms with Gasteiger partial charge in [0.2, 0.25) is 0 Å². The van der Waals surface area contributed by atoms with Crippen LogP contribution >= 0.6 is 0 Å². The summed E-state index contributed by atoms with van der Waals surface area (Å²) in [6.45, 7) is 6.68. The summed E-state index contributed by atoms with van der Waals surface area (Å²) in [4.78, 5) is 5.13.